The first kappa shape index (κ1) is 21.4. The molecule has 1 fully saturated rings. The number of nitrogens with zero attached hydrogens (tertiary/aromatic N) is 6. The number of rotatable bonds is 4. The molecule has 1 aliphatic rings. The molecule has 0 spiro atoms. The summed E-state index contributed by atoms with van der Waals surface area (Å²) >= 11 is 0. The third kappa shape index (κ3) is 5.08. The van der Waals surface area contributed by atoms with E-state index in [0.717, 1.165) is 50.3 Å². The zero-order chi connectivity index (χ0) is 18.5. The fourth-order valence-electron chi connectivity index (χ4n) is 3.03. The molecule has 1 aromatic carbocycles. The van der Waals surface area contributed by atoms with Gasteiger partial charge in [0.1, 0.15) is 18.2 Å². The molecule has 0 bridgehead atoms. The number of piperazine rings is 1. The zero-order valence-corrected chi connectivity index (χ0v) is 18.4. The Bertz CT molecular complexity index is 769. The number of aryl methyl sites for hydroxylation is 1. The van der Waals surface area contributed by atoms with Crippen molar-refractivity contribution in [2.45, 2.75) is 20.4 Å². The molecule has 2 aromatic rings. The molecule has 1 saturated heterocycles. The Hall–Kier alpha value is -1.91. The van der Waals surface area contributed by atoms with Crippen molar-refractivity contribution < 1.29 is 4.39 Å². The van der Waals surface area contributed by atoms with Crippen LogP contribution in [-0.4, -0.2) is 58.3 Å². The van der Waals surface area contributed by atoms with Crippen LogP contribution < -0.4 is 10.2 Å². The Morgan fingerprint density at radius 2 is 1.89 bits per heavy atom. The van der Waals surface area contributed by atoms with E-state index in [9.17, 15) is 4.39 Å². The van der Waals surface area contributed by atoms with Gasteiger partial charge in [-0.2, -0.15) is 0 Å². The lowest BCUT2D eigenvalue weighted by Crippen LogP contribution is -2.52. The molecule has 1 N–H and O–H groups in total. The summed E-state index contributed by atoms with van der Waals surface area (Å²) in [6.07, 6.45) is 0. The Morgan fingerprint density at radius 3 is 2.48 bits per heavy atom. The van der Waals surface area contributed by atoms with Gasteiger partial charge in [-0.15, -0.1) is 34.2 Å². The van der Waals surface area contributed by atoms with Gasteiger partial charge >= 0.3 is 0 Å². The van der Waals surface area contributed by atoms with E-state index >= 15 is 0 Å². The van der Waals surface area contributed by atoms with Gasteiger partial charge in [0.25, 0.3) is 0 Å². The first-order valence-corrected chi connectivity index (χ1v) is 8.97. The molecule has 27 heavy (non-hydrogen) atoms. The molecule has 148 valence electrons. The van der Waals surface area contributed by atoms with Crippen LogP contribution in [0.15, 0.2) is 29.3 Å². The van der Waals surface area contributed by atoms with Crippen molar-refractivity contribution in [3.05, 3.63) is 41.7 Å². The van der Waals surface area contributed by atoms with Crippen LogP contribution in [0.3, 0.4) is 0 Å². The van der Waals surface area contributed by atoms with Gasteiger partial charge in [0.05, 0.1) is 5.69 Å². The second-order valence-corrected chi connectivity index (χ2v) is 6.32. The topological polar surface area (TPSA) is 61.6 Å². The van der Waals surface area contributed by atoms with E-state index in [1.807, 2.05) is 30.7 Å². The quantitative estimate of drug-likeness (QED) is 0.407. The minimum Gasteiger partial charge on any atom is -0.366 e. The van der Waals surface area contributed by atoms with Crippen molar-refractivity contribution in [2.75, 3.05) is 37.6 Å². The Morgan fingerprint density at radius 1 is 1.19 bits per heavy atom. The fraction of sp³-hybridized carbons (Fsp3) is 0.500. The Balaban J connectivity index is 0.00000261. The predicted octanol–water partition coefficient (Wildman–Crippen LogP) is 2.17. The van der Waals surface area contributed by atoms with Crippen molar-refractivity contribution in [3.63, 3.8) is 0 Å². The molecule has 3 rings (SSSR count). The second-order valence-electron chi connectivity index (χ2n) is 6.32. The summed E-state index contributed by atoms with van der Waals surface area (Å²) in [5.41, 5.74) is 0.670. The summed E-state index contributed by atoms with van der Waals surface area (Å²) in [7, 11) is 1.94. The highest BCUT2D eigenvalue weighted by Crippen LogP contribution is 2.20. The highest BCUT2D eigenvalue weighted by atomic mass is 127. The maximum Gasteiger partial charge on any atom is 0.194 e. The number of guanidine groups is 1. The van der Waals surface area contributed by atoms with E-state index in [1.165, 1.54) is 6.07 Å². The first-order valence-electron chi connectivity index (χ1n) is 8.97. The minimum atomic E-state index is -0.167. The number of aromatic nitrogens is 3. The van der Waals surface area contributed by atoms with Crippen LogP contribution in [0.25, 0.3) is 0 Å². The number of para-hydroxylation sites is 1. The van der Waals surface area contributed by atoms with Gasteiger partial charge in [0, 0.05) is 39.8 Å². The summed E-state index contributed by atoms with van der Waals surface area (Å²) in [5.74, 6) is 2.40. The molecule has 2 heterocycles. The third-order valence-electron chi connectivity index (χ3n) is 4.66. The number of halogens is 2. The molecule has 0 radical (unpaired) electrons. The van der Waals surface area contributed by atoms with Crippen molar-refractivity contribution in [2.24, 2.45) is 12.0 Å². The number of benzene rings is 1. The number of aliphatic imine (C=N–C) groups is 1. The van der Waals surface area contributed by atoms with Gasteiger partial charge in [-0.05, 0) is 26.0 Å². The van der Waals surface area contributed by atoms with Gasteiger partial charge in [-0.25, -0.2) is 9.38 Å². The van der Waals surface area contributed by atoms with Crippen LogP contribution in [-0.2, 0) is 13.6 Å². The SMILES string of the molecule is CCNC(=NCc1nnc(C)n1C)N1CCN(c2ccccc2F)CC1.I. The summed E-state index contributed by atoms with van der Waals surface area (Å²) in [6, 6.07) is 6.94. The van der Waals surface area contributed by atoms with Crippen LogP contribution >= 0.6 is 24.0 Å². The Labute approximate surface area is 176 Å². The second kappa shape index (κ2) is 9.86. The monoisotopic (exact) mass is 487 g/mol. The van der Waals surface area contributed by atoms with Crippen molar-refractivity contribution >= 4 is 35.6 Å². The number of hydrogen-bond acceptors (Lipinski definition) is 4. The predicted molar refractivity (Wildman–Crippen MR) is 116 cm³/mol. The maximum atomic E-state index is 14.0. The van der Waals surface area contributed by atoms with E-state index in [1.54, 1.807) is 6.07 Å². The van der Waals surface area contributed by atoms with Crippen LogP contribution in [0, 0.1) is 12.7 Å². The highest BCUT2D eigenvalue weighted by Gasteiger charge is 2.21. The summed E-state index contributed by atoms with van der Waals surface area (Å²) in [5, 5.41) is 11.6. The largest absolute Gasteiger partial charge is 0.366 e. The van der Waals surface area contributed by atoms with E-state index in [2.05, 4.69) is 32.2 Å². The van der Waals surface area contributed by atoms with Crippen LogP contribution in [0.4, 0.5) is 10.1 Å². The highest BCUT2D eigenvalue weighted by molar-refractivity contribution is 14.0. The lowest BCUT2D eigenvalue weighted by atomic mass is 10.2. The Kier molecular flexibility index (Phi) is 7.81. The molecule has 9 heteroatoms. The molecule has 7 nitrogen and oxygen atoms in total. The van der Waals surface area contributed by atoms with Gasteiger partial charge in [0.2, 0.25) is 0 Å². The normalized spacial score (nSPS) is 14.9. The standard InChI is InChI=1S/C18H26FN7.HI/c1-4-20-18(21-13-17-23-22-14(2)24(17)3)26-11-9-25(10-12-26)16-8-6-5-7-15(16)19;/h5-8H,4,9-13H2,1-3H3,(H,20,21);1H. The molecule has 1 aliphatic heterocycles. The smallest absolute Gasteiger partial charge is 0.194 e. The van der Waals surface area contributed by atoms with E-state index in [4.69, 9.17) is 4.99 Å². The molecule has 0 aliphatic carbocycles. The molecule has 0 atom stereocenters. The van der Waals surface area contributed by atoms with Crippen LogP contribution in [0.2, 0.25) is 0 Å². The van der Waals surface area contributed by atoms with E-state index in [-0.39, 0.29) is 29.8 Å². The average molecular weight is 487 g/mol. The molecule has 1 aromatic heterocycles. The minimum absolute atomic E-state index is 0. The number of hydrogen-bond donors (Lipinski definition) is 1. The summed E-state index contributed by atoms with van der Waals surface area (Å²) in [4.78, 5) is 9.01. The van der Waals surface area contributed by atoms with E-state index < -0.39 is 0 Å². The lowest BCUT2D eigenvalue weighted by molar-refractivity contribution is 0.370. The maximum absolute atomic E-state index is 14.0. The molecule has 0 unspecified atom stereocenters. The summed E-state index contributed by atoms with van der Waals surface area (Å²) < 4.78 is 15.9. The average Bonchev–Trinajstić information content (AvgIpc) is 2.98. The van der Waals surface area contributed by atoms with Crippen molar-refractivity contribution in [1.29, 1.82) is 0 Å². The molecular weight excluding hydrogens is 460 g/mol. The van der Waals surface area contributed by atoms with Gasteiger partial charge < -0.3 is 19.7 Å². The zero-order valence-electron chi connectivity index (χ0n) is 16.0. The van der Waals surface area contributed by atoms with Crippen molar-refractivity contribution in [3.8, 4) is 0 Å². The van der Waals surface area contributed by atoms with E-state index in [0.29, 0.717) is 12.2 Å². The van der Waals surface area contributed by atoms with Gasteiger partial charge in [-0.1, -0.05) is 12.1 Å². The van der Waals surface area contributed by atoms with Gasteiger partial charge in [-0.3, -0.25) is 0 Å². The number of nitrogens with one attached hydrogen (secondary N) is 1. The molecular formula is C18H27FIN7. The van der Waals surface area contributed by atoms with Gasteiger partial charge in [0.15, 0.2) is 11.8 Å². The lowest BCUT2D eigenvalue weighted by Gasteiger charge is -2.37. The third-order valence-corrected chi connectivity index (χ3v) is 4.66. The van der Waals surface area contributed by atoms with Crippen LogP contribution in [0.1, 0.15) is 18.6 Å². The summed E-state index contributed by atoms with van der Waals surface area (Å²) in [6.45, 7) is 8.35. The number of anilines is 1. The molecule has 0 amide bonds. The van der Waals surface area contributed by atoms with Crippen molar-refractivity contribution in [1.82, 2.24) is 25.0 Å². The fourth-order valence-corrected chi connectivity index (χ4v) is 3.03. The first-order chi connectivity index (χ1) is 12.6. The van der Waals surface area contributed by atoms with Crippen LogP contribution in [0.5, 0.6) is 0 Å². The molecule has 0 saturated carbocycles.